The third kappa shape index (κ3) is 5.79. The van der Waals surface area contributed by atoms with Gasteiger partial charge in [-0.3, -0.25) is 0 Å². The van der Waals surface area contributed by atoms with Crippen LogP contribution in [0, 0.1) is 0 Å². The molecule has 0 saturated heterocycles. The topological polar surface area (TPSA) is 63.2 Å². The minimum Gasteiger partial charge on any atom is -0.502 e. The van der Waals surface area contributed by atoms with Crippen LogP contribution in [0.5, 0.6) is 17.2 Å². The average Bonchev–Trinajstić information content (AvgIpc) is 2.50. The quantitative estimate of drug-likeness (QED) is 0.630. The summed E-state index contributed by atoms with van der Waals surface area (Å²) in [6.45, 7) is 4.15. The highest BCUT2D eigenvalue weighted by Crippen LogP contribution is 2.36. The number of phenolic OH excluding ortho intramolecular Hbond substituents is 1. The van der Waals surface area contributed by atoms with E-state index in [9.17, 15) is 5.11 Å². The Hall–Kier alpha value is -1.50. The minimum absolute atomic E-state index is 0.0306. The zero-order valence-electron chi connectivity index (χ0n) is 13.3. The van der Waals surface area contributed by atoms with E-state index in [0.29, 0.717) is 18.0 Å². The molecular weight excluding hydrogens is 272 g/mol. The number of methoxy groups -OCH3 is 3. The van der Waals surface area contributed by atoms with Crippen molar-refractivity contribution in [1.29, 1.82) is 0 Å². The summed E-state index contributed by atoms with van der Waals surface area (Å²) in [5, 5.41) is 13.2. The van der Waals surface area contributed by atoms with Gasteiger partial charge in [-0.05, 0) is 24.7 Å². The van der Waals surface area contributed by atoms with Gasteiger partial charge in [0, 0.05) is 33.3 Å². The van der Waals surface area contributed by atoms with Crippen LogP contribution in [0.4, 0.5) is 0 Å². The summed E-state index contributed by atoms with van der Waals surface area (Å²) in [7, 11) is 6.82. The molecule has 6 heteroatoms. The number of benzene rings is 1. The van der Waals surface area contributed by atoms with E-state index in [1.807, 2.05) is 0 Å². The van der Waals surface area contributed by atoms with Crippen LogP contribution >= 0.6 is 0 Å². The fourth-order valence-corrected chi connectivity index (χ4v) is 1.91. The summed E-state index contributed by atoms with van der Waals surface area (Å²) in [6.07, 6.45) is 0. The molecule has 0 bridgehead atoms. The second-order valence-corrected chi connectivity index (χ2v) is 4.82. The number of nitrogens with one attached hydrogen (secondary N) is 1. The molecule has 0 radical (unpaired) electrons. The Bertz CT molecular complexity index is 401. The van der Waals surface area contributed by atoms with Gasteiger partial charge in [0.15, 0.2) is 11.5 Å². The van der Waals surface area contributed by atoms with Gasteiger partial charge in [-0.2, -0.15) is 0 Å². The molecular formula is C15H26N2O4. The van der Waals surface area contributed by atoms with Crippen LogP contribution in [0.25, 0.3) is 0 Å². The first-order valence-electron chi connectivity index (χ1n) is 6.94. The van der Waals surface area contributed by atoms with Gasteiger partial charge in [-0.15, -0.1) is 0 Å². The number of aromatic hydroxyl groups is 1. The number of phenols is 1. The molecule has 21 heavy (non-hydrogen) atoms. The maximum absolute atomic E-state index is 9.85. The van der Waals surface area contributed by atoms with Crippen molar-refractivity contribution in [3.63, 3.8) is 0 Å². The second-order valence-electron chi connectivity index (χ2n) is 4.82. The Morgan fingerprint density at radius 2 is 1.71 bits per heavy atom. The Morgan fingerprint density at radius 3 is 2.24 bits per heavy atom. The number of nitrogens with zero attached hydrogens (tertiary/aromatic N) is 1. The summed E-state index contributed by atoms with van der Waals surface area (Å²) < 4.78 is 15.3. The number of rotatable bonds is 10. The molecule has 0 aliphatic carbocycles. The second kappa shape index (κ2) is 9.44. The van der Waals surface area contributed by atoms with Gasteiger partial charge in [0.25, 0.3) is 0 Å². The predicted octanol–water partition coefficient (Wildman–Crippen LogP) is 1.08. The van der Waals surface area contributed by atoms with Crippen molar-refractivity contribution in [2.24, 2.45) is 0 Å². The third-order valence-electron chi connectivity index (χ3n) is 3.22. The molecule has 0 saturated carbocycles. The summed E-state index contributed by atoms with van der Waals surface area (Å²) >= 11 is 0. The number of hydrogen-bond acceptors (Lipinski definition) is 6. The molecule has 0 aliphatic heterocycles. The van der Waals surface area contributed by atoms with Crippen LogP contribution in [0.15, 0.2) is 12.1 Å². The number of ether oxygens (including phenoxy) is 3. The SMILES string of the molecule is COCCN(C)CCNCc1cc(OC)c(O)c(OC)c1. The molecule has 1 aromatic rings. The van der Waals surface area contributed by atoms with Crippen LogP contribution in [0.3, 0.4) is 0 Å². The smallest absolute Gasteiger partial charge is 0.200 e. The molecule has 0 heterocycles. The Kier molecular flexibility index (Phi) is 7.89. The summed E-state index contributed by atoms with van der Waals surface area (Å²) in [6, 6.07) is 3.61. The average molecular weight is 298 g/mol. The van der Waals surface area contributed by atoms with Gasteiger partial charge >= 0.3 is 0 Å². The van der Waals surface area contributed by atoms with Crippen LogP contribution in [0.1, 0.15) is 5.56 Å². The van der Waals surface area contributed by atoms with Gasteiger partial charge < -0.3 is 29.5 Å². The van der Waals surface area contributed by atoms with Crippen LogP contribution in [-0.4, -0.2) is 64.6 Å². The highest BCUT2D eigenvalue weighted by atomic mass is 16.5. The van der Waals surface area contributed by atoms with Gasteiger partial charge in [-0.25, -0.2) is 0 Å². The lowest BCUT2D eigenvalue weighted by molar-refractivity contribution is 0.161. The fraction of sp³-hybridized carbons (Fsp3) is 0.600. The first kappa shape index (κ1) is 17.6. The molecule has 0 atom stereocenters. The predicted molar refractivity (Wildman–Crippen MR) is 82.3 cm³/mol. The Morgan fingerprint density at radius 1 is 1.10 bits per heavy atom. The van der Waals surface area contributed by atoms with Crippen molar-refractivity contribution >= 4 is 0 Å². The van der Waals surface area contributed by atoms with Gasteiger partial charge in [0.1, 0.15) is 0 Å². The normalized spacial score (nSPS) is 10.9. The first-order chi connectivity index (χ1) is 10.1. The standard InChI is InChI=1S/C15H26N2O4/c1-17(7-8-19-2)6-5-16-11-12-9-13(20-3)15(18)14(10-12)21-4/h9-10,16,18H,5-8,11H2,1-4H3. The van der Waals surface area contributed by atoms with E-state index in [2.05, 4.69) is 17.3 Å². The van der Waals surface area contributed by atoms with Gasteiger partial charge in [0.2, 0.25) is 5.75 Å². The molecule has 6 nitrogen and oxygen atoms in total. The van der Waals surface area contributed by atoms with Crippen molar-refractivity contribution in [1.82, 2.24) is 10.2 Å². The highest BCUT2D eigenvalue weighted by molar-refractivity contribution is 5.52. The molecule has 120 valence electrons. The van der Waals surface area contributed by atoms with Crippen molar-refractivity contribution < 1.29 is 19.3 Å². The lowest BCUT2D eigenvalue weighted by atomic mass is 10.2. The van der Waals surface area contributed by atoms with Gasteiger partial charge in [-0.1, -0.05) is 0 Å². The first-order valence-corrected chi connectivity index (χ1v) is 6.94. The van der Waals surface area contributed by atoms with Gasteiger partial charge in [0.05, 0.1) is 20.8 Å². The van der Waals surface area contributed by atoms with E-state index in [-0.39, 0.29) is 5.75 Å². The van der Waals surface area contributed by atoms with E-state index in [4.69, 9.17) is 14.2 Å². The van der Waals surface area contributed by atoms with Crippen molar-refractivity contribution in [3.05, 3.63) is 17.7 Å². The van der Waals surface area contributed by atoms with E-state index in [1.54, 1.807) is 19.2 Å². The lowest BCUT2D eigenvalue weighted by Gasteiger charge is -2.16. The van der Waals surface area contributed by atoms with E-state index < -0.39 is 0 Å². The van der Waals surface area contributed by atoms with E-state index in [1.165, 1.54) is 14.2 Å². The molecule has 0 aromatic heterocycles. The molecule has 0 spiro atoms. The summed E-state index contributed by atoms with van der Waals surface area (Å²) in [5.74, 6) is 0.870. The molecule has 0 aliphatic rings. The number of likely N-dealkylation sites (N-methyl/N-ethyl adjacent to an activating group) is 1. The molecule has 2 N–H and O–H groups in total. The van der Waals surface area contributed by atoms with Crippen molar-refractivity contribution in [2.75, 3.05) is 54.6 Å². The molecule has 0 amide bonds. The van der Waals surface area contributed by atoms with E-state index in [0.717, 1.165) is 31.8 Å². The molecule has 0 unspecified atom stereocenters. The number of hydrogen-bond donors (Lipinski definition) is 2. The van der Waals surface area contributed by atoms with Crippen molar-refractivity contribution in [3.8, 4) is 17.2 Å². The third-order valence-corrected chi connectivity index (χ3v) is 3.22. The molecule has 1 rings (SSSR count). The monoisotopic (exact) mass is 298 g/mol. The molecule has 0 fully saturated rings. The Balaban J connectivity index is 2.45. The maximum atomic E-state index is 9.85. The summed E-state index contributed by atoms with van der Waals surface area (Å²) in [4.78, 5) is 2.20. The highest BCUT2D eigenvalue weighted by Gasteiger charge is 2.10. The zero-order chi connectivity index (χ0) is 15.7. The summed E-state index contributed by atoms with van der Waals surface area (Å²) in [5.41, 5.74) is 1.00. The minimum atomic E-state index is 0.0306. The fourth-order valence-electron chi connectivity index (χ4n) is 1.91. The maximum Gasteiger partial charge on any atom is 0.200 e. The van der Waals surface area contributed by atoms with Crippen LogP contribution < -0.4 is 14.8 Å². The Labute approximate surface area is 126 Å². The van der Waals surface area contributed by atoms with Crippen LogP contribution in [-0.2, 0) is 11.3 Å². The van der Waals surface area contributed by atoms with E-state index >= 15 is 0 Å². The zero-order valence-corrected chi connectivity index (χ0v) is 13.3. The van der Waals surface area contributed by atoms with Crippen molar-refractivity contribution in [2.45, 2.75) is 6.54 Å². The molecule has 1 aromatic carbocycles. The lowest BCUT2D eigenvalue weighted by Crippen LogP contribution is -2.31. The van der Waals surface area contributed by atoms with Crippen LogP contribution in [0.2, 0.25) is 0 Å². The largest absolute Gasteiger partial charge is 0.502 e.